The zero-order chi connectivity index (χ0) is 9.80. The van der Waals surface area contributed by atoms with E-state index in [1.54, 1.807) is 6.42 Å². The highest BCUT2D eigenvalue weighted by Crippen LogP contribution is 2.41. The minimum atomic E-state index is 1.02. The zero-order valence-corrected chi connectivity index (χ0v) is 9.60. The summed E-state index contributed by atoms with van der Waals surface area (Å²) in [4.78, 5) is 0. The second kappa shape index (κ2) is 5.16. The molecule has 1 heteroatoms. The lowest BCUT2D eigenvalue weighted by atomic mass is 9.69. The summed E-state index contributed by atoms with van der Waals surface area (Å²) in [5, 5.41) is 3.51. The van der Waals surface area contributed by atoms with Crippen molar-refractivity contribution in [1.82, 2.24) is 5.32 Å². The molecule has 0 aromatic carbocycles. The van der Waals surface area contributed by atoms with Gasteiger partial charge < -0.3 is 5.32 Å². The first-order chi connectivity index (χ1) is 6.90. The van der Waals surface area contributed by atoms with Crippen LogP contribution in [0.25, 0.3) is 0 Å². The summed E-state index contributed by atoms with van der Waals surface area (Å²) in [7, 11) is 0. The molecule has 2 fully saturated rings. The third-order valence-corrected chi connectivity index (χ3v) is 4.34. The van der Waals surface area contributed by atoms with Crippen LogP contribution in [0.1, 0.15) is 51.9 Å². The molecule has 0 bridgehead atoms. The van der Waals surface area contributed by atoms with E-state index < -0.39 is 0 Å². The predicted molar refractivity (Wildman–Crippen MR) is 61.3 cm³/mol. The molecular weight excluding hydrogens is 170 g/mol. The van der Waals surface area contributed by atoms with E-state index in [4.69, 9.17) is 0 Å². The summed E-state index contributed by atoms with van der Waals surface area (Å²) < 4.78 is 0. The van der Waals surface area contributed by atoms with E-state index in [-0.39, 0.29) is 0 Å². The Morgan fingerprint density at radius 1 is 1.00 bits per heavy atom. The van der Waals surface area contributed by atoms with Gasteiger partial charge in [0.05, 0.1) is 0 Å². The van der Waals surface area contributed by atoms with E-state index in [2.05, 4.69) is 12.2 Å². The molecule has 2 atom stereocenters. The number of hydrogen-bond donors (Lipinski definition) is 1. The van der Waals surface area contributed by atoms with Gasteiger partial charge in [-0.25, -0.2) is 0 Å². The Hall–Kier alpha value is -0.0400. The highest BCUT2D eigenvalue weighted by Gasteiger charge is 2.32. The standard InChI is InChI=1S/C13H25N/c1-2-14-10-13-8-7-12(13)9-11-5-3-4-6-11/h11-14H,2-10H2,1H3. The Bertz CT molecular complexity index is 161. The Morgan fingerprint density at radius 2 is 1.71 bits per heavy atom. The number of hydrogen-bond acceptors (Lipinski definition) is 1. The van der Waals surface area contributed by atoms with Crippen LogP contribution in [-0.2, 0) is 0 Å². The number of nitrogens with one attached hydrogen (secondary N) is 1. The van der Waals surface area contributed by atoms with Gasteiger partial charge in [-0.05, 0) is 50.1 Å². The predicted octanol–water partition coefficient (Wildman–Crippen LogP) is 3.20. The van der Waals surface area contributed by atoms with Crippen LogP contribution >= 0.6 is 0 Å². The average Bonchev–Trinajstić information content (AvgIpc) is 2.65. The SMILES string of the molecule is CCNCC1CCC1CC1CCCC1. The molecule has 1 nitrogen and oxygen atoms in total. The van der Waals surface area contributed by atoms with Crippen LogP contribution in [0.3, 0.4) is 0 Å². The van der Waals surface area contributed by atoms with Gasteiger partial charge in [0.1, 0.15) is 0 Å². The maximum absolute atomic E-state index is 3.51. The van der Waals surface area contributed by atoms with E-state index in [0.717, 1.165) is 24.3 Å². The average molecular weight is 195 g/mol. The molecule has 0 aliphatic heterocycles. The van der Waals surface area contributed by atoms with Gasteiger partial charge in [0, 0.05) is 0 Å². The first-order valence-electron chi connectivity index (χ1n) is 6.61. The van der Waals surface area contributed by atoms with Gasteiger partial charge in [0.15, 0.2) is 0 Å². The van der Waals surface area contributed by atoms with Crippen molar-refractivity contribution in [3.63, 3.8) is 0 Å². The van der Waals surface area contributed by atoms with E-state index >= 15 is 0 Å². The molecule has 2 unspecified atom stereocenters. The summed E-state index contributed by atoms with van der Waals surface area (Å²) in [5.41, 5.74) is 0. The molecule has 1 N–H and O–H groups in total. The Balaban J connectivity index is 1.65. The molecule has 0 aromatic heterocycles. The Kier molecular flexibility index (Phi) is 3.86. The van der Waals surface area contributed by atoms with Crippen LogP contribution in [-0.4, -0.2) is 13.1 Å². The highest BCUT2D eigenvalue weighted by atomic mass is 14.9. The van der Waals surface area contributed by atoms with E-state index in [9.17, 15) is 0 Å². The van der Waals surface area contributed by atoms with Gasteiger partial charge in [-0.3, -0.25) is 0 Å². The van der Waals surface area contributed by atoms with E-state index in [1.807, 2.05) is 0 Å². The maximum atomic E-state index is 3.51. The molecule has 0 aromatic rings. The summed E-state index contributed by atoms with van der Waals surface area (Å²) in [5.74, 6) is 3.21. The fourth-order valence-electron chi connectivity index (χ4n) is 3.22. The molecule has 0 saturated heterocycles. The first-order valence-corrected chi connectivity index (χ1v) is 6.61. The zero-order valence-electron chi connectivity index (χ0n) is 9.60. The third kappa shape index (κ3) is 2.50. The van der Waals surface area contributed by atoms with Crippen molar-refractivity contribution in [3.8, 4) is 0 Å². The smallest absolute Gasteiger partial charge is 0.00180 e. The molecule has 0 heterocycles. The van der Waals surface area contributed by atoms with Crippen molar-refractivity contribution in [2.24, 2.45) is 17.8 Å². The second-order valence-corrected chi connectivity index (χ2v) is 5.29. The highest BCUT2D eigenvalue weighted by molar-refractivity contribution is 4.85. The lowest BCUT2D eigenvalue weighted by molar-refractivity contribution is 0.139. The lowest BCUT2D eigenvalue weighted by Gasteiger charge is -2.38. The molecule has 14 heavy (non-hydrogen) atoms. The van der Waals surface area contributed by atoms with Crippen LogP contribution in [0.15, 0.2) is 0 Å². The lowest BCUT2D eigenvalue weighted by Crippen LogP contribution is -2.36. The van der Waals surface area contributed by atoms with Crippen molar-refractivity contribution < 1.29 is 0 Å². The summed E-state index contributed by atoms with van der Waals surface area (Å²) in [6, 6.07) is 0. The normalized spacial score (nSPS) is 33.2. The molecule has 0 spiro atoms. The van der Waals surface area contributed by atoms with Crippen molar-refractivity contribution in [1.29, 1.82) is 0 Å². The van der Waals surface area contributed by atoms with Crippen molar-refractivity contribution >= 4 is 0 Å². The fraction of sp³-hybridized carbons (Fsp3) is 1.00. The summed E-state index contributed by atoms with van der Waals surface area (Å²) in [6.45, 7) is 4.64. The maximum Gasteiger partial charge on any atom is -0.00180 e. The quantitative estimate of drug-likeness (QED) is 0.710. The minimum absolute atomic E-state index is 1.02. The molecule has 82 valence electrons. The molecule has 0 radical (unpaired) electrons. The van der Waals surface area contributed by atoms with Crippen LogP contribution in [0.5, 0.6) is 0 Å². The van der Waals surface area contributed by atoms with Crippen molar-refractivity contribution in [2.45, 2.75) is 51.9 Å². The van der Waals surface area contributed by atoms with Crippen molar-refractivity contribution in [3.05, 3.63) is 0 Å². The van der Waals surface area contributed by atoms with Crippen molar-refractivity contribution in [2.75, 3.05) is 13.1 Å². The second-order valence-electron chi connectivity index (χ2n) is 5.29. The van der Waals surface area contributed by atoms with E-state index in [0.29, 0.717) is 0 Å². The van der Waals surface area contributed by atoms with Gasteiger partial charge in [-0.1, -0.05) is 32.6 Å². The van der Waals surface area contributed by atoms with Gasteiger partial charge in [-0.15, -0.1) is 0 Å². The van der Waals surface area contributed by atoms with Crippen LogP contribution in [0.4, 0.5) is 0 Å². The fourth-order valence-corrected chi connectivity index (χ4v) is 3.22. The van der Waals surface area contributed by atoms with Gasteiger partial charge in [-0.2, -0.15) is 0 Å². The van der Waals surface area contributed by atoms with Gasteiger partial charge in [0.2, 0.25) is 0 Å². The monoisotopic (exact) mass is 195 g/mol. The van der Waals surface area contributed by atoms with Crippen LogP contribution < -0.4 is 5.32 Å². The molecular formula is C13H25N. The third-order valence-electron chi connectivity index (χ3n) is 4.34. The Labute approximate surface area is 88.7 Å². The summed E-state index contributed by atoms with van der Waals surface area (Å²) >= 11 is 0. The summed E-state index contributed by atoms with van der Waals surface area (Å²) in [6.07, 6.45) is 10.6. The topological polar surface area (TPSA) is 12.0 Å². The minimum Gasteiger partial charge on any atom is -0.317 e. The number of rotatable bonds is 5. The molecule has 0 amide bonds. The first kappa shape index (κ1) is 10.5. The van der Waals surface area contributed by atoms with E-state index in [1.165, 1.54) is 45.1 Å². The molecule has 2 aliphatic carbocycles. The molecule has 2 saturated carbocycles. The van der Waals surface area contributed by atoms with Crippen LogP contribution in [0, 0.1) is 17.8 Å². The largest absolute Gasteiger partial charge is 0.317 e. The Morgan fingerprint density at radius 3 is 2.29 bits per heavy atom. The van der Waals surface area contributed by atoms with Gasteiger partial charge in [0.25, 0.3) is 0 Å². The van der Waals surface area contributed by atoms with Gasteiger partial charge >= 0.3 is 0 Å². The van der Waals surface area contributed by atoms with Crippen LogP contribution in [0.2, 0.25) is 0 Å². The molecule has 2 aliphatic rings. The molecule has 2 rings (SSSR count).